The third kappa shape index (κ3) is 5.10. The van der Waals surface area contributed by atoms with Gasteiger partial charge in [-0.25, -0.2) is 0 Å². The van der Waals surface area contributed by atoms with Crippen LogP contribution in [-0.2, 0) is 11.2 Å². The molecule has 0 saturated carbocycles. The van der Waals surface area contributed by atoms with Gasteiger partial charge in [-0.15, -0.1) is 0 Å². The topological polar surface area (TPSA) is 21.3 Å². The molecule has 0 amide bonds. The van der Waals surface area contributed by atoms with Crippen molar-refractivity contribution in [2.45, 2.75) is 13.3 Å². The van der Waals surface area contributed by atoms with E-state index < -0.39 is 0 Å². The number of nitrogens with one attached hydrogen (secondary N) is 1. The molecule has 2 nitrogen and oxygen atoms in total. The molecule has 0 aliphatic rings. The van der Waals surface area contributed by atoms with Crippen LogP contribution in [0.2, 0.25) is 0 Å². The lowest BCUT2D eigenvalue weighted by Crippen LogP contribution is -2.25. The molecule has 0 spiro atoms. The van der Waals surface area contributed by atoms with Gasteiger partial charge >= 0.3 is 0 Å². The molecule has 90 valence electrons. The van der Waals surface area contributed by atoms with E-state index in [-0.39, 0.29) is 0 Å². The summed E-state index contributed by atoms with van der Waals surface area (Å²) in [7, 11) is 1.99. The van der Waals surface area contributed by atoms with Gasteiger partial charge in [-0.2, -0.15) is 0 Å². The highest BCUT2D eigenvalue weighted by atomic mass is 79.9. The normalized spacial score (nSPS) is 12.7. The minimum atomic E-state index is 0.541. The minimum absolute atomic E-state index is 0.541. The van der Waals surface area contributed by atoms with Crippen molar-refractivity contribution < 1.29 is 4.74 Å². The molecular weight excluding hydrogens is 266 g/mol. The number of hydrogen-bond acceptors (Lipinski definition) is 2. The molecule has 0 saturated heterocycles. The molecule has 1 unspecified atom stereocenters. The Morgan fingerprint density at radius 1 is 1.44 bits per heavy atom. The van der Waals surface area contributed by atoms with Crippen LogP contribution < -0.4 is 5.32 Å². The van der Waals surface area contributed by atoms with E-state index in [0.29, 0.717) is 5.92 Å². The summed E-state index contributed by atoms with van der Waals surface area (Å²) in [6.07, 6.45) is 1.06. The van der Waals surface area contributed by atoms with Crippen molar-refractivity contribution in [2.75, 3.05) is 26.8 Å². The molecular formula is C13H20BrNO. The van der Waals surface area contributed by atoms with E-state index in [1.165, 1.54) is 5.56 Å². The predicted molar refractivity (Wildman–Crippen MR) is 71.8 cm³/mol. The molecule has 0 aliphatic heterocycles. The van der Waals surface area contributed by atoms with Gasteiger partial charge in [0, 0.05) is 17.6 Å². The van der Waals surface area contributed by atoms with Gasteiger partial charge in [-0.1, -0.05) is 28.1 Å². The Morgan fingerprint density at radius 2 is 2.25 bits per heavy atom. The molecule has 3 heteroatoms. The van der Waals surface area contributed by atoms with E-state index in [2.05, 4.69) is 45.5 Å². The van der Waals surface area contributed by atoms with Crippen molar-refractivity contribution in [2.24, 2.45) is 5.92 Å². The Morgan fingerprint density at radius 3 is 2.88 bits per heavy atom. The first kappa shape index (κ1) is 13.7. The van der Waals surface area contributed by atoms with E-state index in [1.54, 1.807) is 0 Å². The van der Waals surface area contributed by atoms with Gasteiger partial charge in [0.05, 0.1) is 6.61 Å². The molecule has 1 N–H and O–H groups in total. The Bertz CT molecular complexity index is 304. The van der Waals surface area contributed by atoms with E-state index in [0.717, 1.165) is 30.7 Å². The Balaban J connectivity index is 2.52. The average Bonchev–Trinajstić information content (AvgIpc) is 2.26. The third-order valence-electron chi connectivity index (χ3n) is 2.46. The van der Waals surface area contributed by atoms with Crippen LogP contribution in [0, 0.1) is 5.92 Å². The lowest BCUT2D eigenvalue weighted by atomic mass is 10.00. The van der Waals surface area contributed by atoms with Gasteiger partial charge in [-0.05, 0) is 44.0 Å². The van der Waals surface area contributed by atoms with Crippen LogP contribution in [0.15, 0.2) is 28.7 Å². The molecule has 0 aliphatic carbocycles. The second-order valence-electron chi connectivity index (χ2n) is 3.92. The predicted octanol–water partition coefficient (Wildman–Crippen LogP) is 2.86. The number of ether oxygens (including phenoxy) is 1. The van der Waals surface area contributed by atoms with Gasteiger partial charge in [0.15, 0.2) is 0 Å². The van der Waals surface area contributed by atoms with Crippen molar-refractivity contribution in [3.05, 3.63) is 34.3 Å². The maximum atomic E-state index is 5.50. The summed E-state index contributed by atoms with van der Waals surface area (Å²) < 4.78 is 6.64. The average molecular weight is 286 g/mol. The summed E-state index contributed by atoms with van der Waals surface area (Å²) in [6, 6.07) is 8.48. The molecule has 1 aromatic carbocycles. The van der Waals surface area contributed by atoms with Crippen molar-refractivity contribution >= 4 is 15.9 Å². The molecule has 0 fully saturated rings. The molecule has 0 bridgehead atoms. The van der Waals surface area contributed by atoms with Crippen LogP contribution in [-0.4, -0.2) is 26.8 Å². The van der Waals surface area contributed by atoms with Gasteiger partial charge < -0.3 is 10.1 Å². The number of hydrogen-bond donors (Lipinski definition) is 1. The van der Waals surface area contributed by atoms with Crippen LogP contribution >= 0.6 is 15.9 Å². The largest absolute Gasteiger partial charge is 0.381 e. The molecule has 0 heterocycles. The summed E-state index contributed by atoms with van der Waals surface area (Å²) in [5.41, 5.74) is 1.36. The van der Waals surface area contributed by atoms with Gasteiger partial charge in [0.25, 0.3) is 0 Å². The first-order valence-electron chi connectivity index (χ1n) is 5.73. The maximum absolute atomic E-state index is 5.50. The molecule has 0 aromatic heterocycles. The number of halogens is 1. The molecule has 1 rings (SSSR count). The van der Waals surface area contributed by atoms with E-state index >= 15 is 0 Å². The number of benzene rings is 1. The first-order chi connectivity index (χ1) is 7.76. The van der Waals surface area contributed by atoms with Crippen molar-refractivity contribution in [3.63, 3.8) is 0 Å². The summed E-state index contributed by atoms with van der Waals surface area (Å²) in [5, 5.41) is 3.22. The fraction of sp³-hybridized carbons (Fsp3) is 0.538. The highest BCUT2D eigenvalue weighted by Crippen LogP contribution is 2.15. The molecule has 1 atom stereocenters. The zero-order valence-electron chi connectivity index (χ0n) is 10.0. The summed E-state index contributed by atoms with van der Waals surface area (Å²) in [6.45, 7) is 4.64. The van der Waals surface area contributed by atoms with Gasteiger partial charge in [0.1, 0.15) is 0 Å². The lowest BCUT2D eigenvalue weighted by Gasteiger charge is -2.16. The van der Waals surface area contributed by atoms with E-state index in [9.17, 15) is 0 Å². The number of rotatable bonds is 7. The second kappa shape index (κ2) is 7.82. The fourth-order valence-electron chi connectivity index (χ4n) is 1.76. The molecule has 16 heavy (non-hydrogen) atoms. The van der Waals surface area contributed by atoms with Crippen molar-refractivity contribution in [1.82, 2.24) is 5.32 Å². The van der Waals surface area contributed by atoms with Gasteiger partial charge in [-0.3, -0.25) is 0 Å². The Kier molecular flexibility index (Phi) is 6.69. The van der Waals surface area contributed by atoms with Crippen LogP contribution in [0.1, 0.15) is 12.5 Å². The highest BCUT2D eigenvalue weighted by Gasteiger charge is 2.09. The molecule has 0 radical (unpaired) electrons. The lowest BCUT2D eigenvalue weighted by molar-refractivity contribution is 0.110. The smallest absolute Gasteiger partial charge is 0.0509 e. The minimum Gasteiger partial charge on any atom is -0.381 e. The third-order valence-corrected chi connectivity index (χ3v) is 2.96. The highest BCUT2D eigenvalue weighted by molar-refractivity contribution is 9.10. The van der Waals surface area contributed by atoms with E-state index in [1.807, 2.05) is 14.0 Å². The maximum Gasteiger partial charge on any atom is 0.0509 e. The van der Waals surface area contributed by atoms with Crippen LogP contribution in [0.4, 0.5) is 0 Å². The van der Waals surface area contributed by atoms with Crippen LogP contribution in [0.3, 0.4) is 0 Å². The van der Waals surface area contributed by atoms with E-state index in [4.69, 9.17) is 4.74 Å². The Labute approximate surface area is 107 Å². The quantitative estimate of drug-likeness (QED) is 0.832. The Hall–Kier alpha value is -0.380. The summed E-state index contributed by atoms with van der Waals surface area (Å²) in [5.74, 6) is 0.541. The monoisotopic (exact) mass is 285 g/mol. The standard InChI is InChI=1S/C13H20BrNO/c1-3-16-10-12(9-15-2)7-11-5-4-6-13(14)8-11/h4-6,8,12,15H,3,7,9-10H2,1-2H3. The summed E-state index contributed by atoms with van der Waals surface area (Å²) in [4.78, 5) is 0. The van der Waals surface area contributed by atoms with Crippen LogP contribution in [0.5, 0.6) is 0 Å². The van der Waals surface area contributed by atoms with Crippen molar-refractivity contribution in [1.29, 1.82) is 0 Å². The van der Waals surface area contributed by atoms with Crippen molar-refractivity contribution in [3.8, 4) is 0 Å². The summed E-state index contributed by atoms with van der Waals surface area (Å²) >= 11 is 3.50. The molecule has 1 aromatic rings. The zero-order chi connectivity index (χ0) is 11.8. The van der Waals surface area contributed by atoms with Crippen LogP contribution in [0.25, 0.3) is 0 Å². The SMILES string of the molecule is CCOCC(CNC)Cc1cccc(Br)c1. The fourth-order valence-corrected chi connectivity index (χ4v) is 2.21. The second-order valence-corrected chi connectivity index (χ2v) is 4.83. The first-order valence-corrected chi connectivity index (χ1v) is 6.52. The zero-order valence-corrected chi connectivity index (χ0v) is 11.6. The van der Waals surface area contributed by atoms with Gasteiger partial charge in [0.2, 0.25) is 0 Å².